The molecule has 2 bridgehead atoms. The van der Waals surface area contributed by atoms with E-state index in [1.54, 1.807) is 36.5 Å². The van der Waals surface area contributed by atoms with Crippen molar-refractivity contribution in [3.8, 4) is 16.9 Å². The molecule has 1 aliphatic rings. The third-order valence-electron chi connectivity index (χ3n) is 6.21. The van der Waals surface area contributed by atoms with Crippen LogP contribution in [-0.4, -0.2) is 68.9 Å². The highest BCUT2D eigenvalue weighted by Crippen LogP contribution is 2.31. The second kappa shape index (κ2) is 12.4. The third kappa shape index (κ3) is 6.45. The smallest absolute Gasteiger partial charge is 0.411 e. The van der Waals surface area contributed by atoms with Crippen molar-refractivity contribution in [2.75, 3.05) is 37.4 Å². The Morgan fingerprint density at radius 3 is 2.90 bits per heavy atom. The number of halogens is 1. The number of benzene rings is 2. The number of anilines is 2. The molecule has 2 aromatic heterocycles. The number of aromatic amines is 1. The van der Waals surface area contributed by atoms with E-state index in [4.69, 9.17) is 16.3 Å². The van der Waals surface area contributed by atoms with Gasteiger partial charge in [-0.25, -0.2) is 9.78 Å². The summed E-state index contributed by atoms with van der Waals surface area (Å²) in [6.45, 7) is 2.00. The first-order valence-electron chi connectivity index (χ1n) is 12.5. The molecule has 0 unspecified atom stereocenters. The van der Waals surface area contributed by atoms with E-state index in [-0.39, 0.29) is 11.9 Å². The average molecular weight is 563 g/mol. The van der Waals surface area contributed by atoms with Crippen LogP contribution < -0.4 is 21.3 Å². The molecule has 5 N–H and O–H groups in total. The zero-order valence-electron chi connectivity index (χ0n) is 21.5. The largest absolute Gasteiger partial charge is 0.453 e. The summed E-state index contributed by atoms with van der Waals surface area (Å²) >= 11 is 6.19. The predicted octanol–water partition coefficient (Wildman–Crippen LogP) is 3.16. The molecule has 4 aromatic rings. The highest BCUT2D eigenvalue weighted by Gasteiger charge is 2.19. The molecule has 3 heterocycles. The van der Waals surface area contributed by atoms with Crippen molar-refractivity contribution in [3.05, 3.63) is 71.4 Å². The summed E-state index contributed by atoms with van der Waals surface area (Å²) in [5.74, 6) is 0.331. The van der Waals surface area contributed by atoms with Crippen LogP contribution >= 0.6 is 11.6 Å². The fraction of sp³-hybridized carbons (Fsp3) is 0.231. The van der Waals surface area contributed by atoms with Crippen LogP contribution in [-0.2, 0) is 9.53 Å². The molecule has 0 saturated carbocycles. The molecule has 0 spiro atoms. The highest BCUT2D eigenvalue weighted by atomic mass is 35.5. The molecule has 0 radical (unpaired) electrons. The first-order valence-corrected chi connectivity index (χ1v) is 12.9. The van der Waals surface area contributed by atoms with E-state index in [1.165, 1.54) is 24.2 Å². The highest BCUT2D eigenvalue weighted by molar-refractivity contribution is 6.30. The molecule has 1 aliphatic heterocycles. The van der Waals surface area contributed by atoms with Gasteiger partial charge in [0.1, 0.15) is 12.2 Å². The van der Waals surface area contributed by atoms with Crippen LogP contribution in [0.2, 0.25) is 5.02 Å². The lowest BCUT2D eigenvalue weighted by Gasteiger charge is -2.18. The van der Waals surface area contributed by atoms with Crippen molar-refractivity contribution in [1.82, 2.24) is 40.8 Å². The van der Waals surface area contributed by atoms with E-state index in [0.717, 1.165) is 16.9 Å². The molecule has 40 heavy (non-hydrogen) atoms. The van der Waals surface area contributed by atoms with Crippen LogP contribution in [0.15, 0.2) is 55.0 Å². The van der Waals surface area contributed by atoms with E-state index in [1.807, 2.05) is 12.1 Å². The van der Waals surface area contributed by atoms with Crippen LogP contribution in [0.5, 0.6) is 0 Å². The quantitative estimate of drug-likeness (QED) is 0.230. The van der Waals surface area contributed by atoms with Crippen LogP contribution in [0.3, 0.4) is 0 Å². The van der Waals surface area contributed by atoms with Crippen molar-refractivity contribution in [2.45, 2.75) is 12.5 Å². The van der Waals surface area contributed by atoms with E-state index in [0.29, 0.717) is 53.8 Å². The molecule has 0 aliphatic carbocycles. The minimum atomic E-state index is -0.548. The second-order valence-corrected chi connectivity index (χ2v) is 9.31. The van der Waals surface area contributed by atoms with E-state index >= 15 is 0 Å². The van der Waals surface area contributed by atoms with Gasteiger partial charge >= 0.3 is 6.09 Å². The minimum absolute atomic E-state index is 0.293. The molecule has 1 atom stereocenters. The Hall–Kier alpha value is -4.75. The third-order valence-corrected chi connectivity index (χ3v) is 6.45. The fourth-order valence-electron chi connectivity index (χ4n) is 4.28. The number of nitrogens with zero attached hydrogens (tertiary/aromatic N) is 5. The Balaban J connectivity index is 1.36. The van der Waals surface area contributed by atoms with Crippen LogP contribution in [0.1, 0.15) is 23.9 Å². The number of hydrogen-bond acceptors (Lipinski definition) is 9. The van der Waals surface area contributed by atoms with Gasteiger partial charge in [-0.15, -0.1) is 5.10 Å². The lowest BCUT2D eigenvalue weighted by molar-refractivity contribution is -0.117. The van der Waals surface area contributed by atoms with Gasteiger partial charge < -0.3 is 25.7 Å². The maximum absolute atomic E-state index is 13.0. The summed E-state index contributed by atoms with van der Waals surface area (Å²) in [4.78, 5) is 32.6. The van der Waals surface area contributed by atoms with E-state index in [9.17, 15) is 9.59 Å². The number of tetrazole rings is 1. The normalized spacial score (nSPS) is 15.3. The van der Waals surface area contributed by atoms with Gasteiger partial charge in [-0.2, -0.15) is 4.68 Å². The molecular weight excluding hydrogens is 536 g/mol. The van der Waals surface area contributed by atoms with Gasteiger partial charge in [0.15, 0.2) is 0 Å². The number of aromatic nitrogens is 6. The molecule has 14 heteroatoms. The zero-order chi connectivity index (χ0) is 27.9. The molecule has 2 amide bonds. The maximum atomic E-state index is 13.0. The van der Waals surface area contributed by atoms with Gasteiger partial charge in [0, 0.05) is 46.7 Å². The molecule has 0 fully saturated rings. The number of fused-ring (bicyclic) bond motifs is 4. The van der Waals surface area contributed by atoms with Gasteiger partial charge in [-0.3, -0.25) is 10.1 Å². The number of carbonyl (C=O) groups excluding carboxylic acids is 2. The van der Waals surface area contributed by atoms with Crippen molar-refractivity contribution in [3.63, 3.8) is 0 Å². The predicted molar refractivity (Wildman–Crippen MR) is 150 cm³/mol. The van der Waals surface area contributed by atoms with Crippen molar-refractivity contribution in [2.24, 2.45) is 0 Å². The number of H-pyrrole nitrogens is 1. The topological polar surface area (TPSA) is 164 Å². The Morgan fingerprint density at radius 1 is 1.18 bits per heavy atom. The summed E-state index contributed by atoms with van der Waals surface area (Å²) in [5.41, 5.74) is 4.42. The fourth-order valence-corrected chi connectivity index (χ4v) is 4.46. The number of amides is 2. The summed E-state index contributed by atoms with van der Waals surface area (Å²) in [6, 6.07) is 10.4. The number of hydrogen-bond donors (Lipinski definition) is 5. The van der Waals surface area contributed by atoms with Gasteiger partial charge in [-0.1, -0.05) is 11.6 Å². The first-order chi connectivity index (χ1) is 19.5. The molecule has 206 valence electrons. The van der Waals surface area contributed by atoms with Gasteiger partial charge in [-0.05, 0) is 65.9 Å². The monoisotopic (exact) mass is 562 g/mol. The number of rotatable bonds is 5. The number of imidazole rings is 1. The molecule has 0 saturated heterocycles. The van der Waals surface area contributed by atoms with Crippen molar-refractivity contribution < 1.29 is 14.3 Å². The summed E-state index contributed by atoms with van der Waals surface area (Å²) in [7, 11) is 1.31. The molecule has 13 nitrogen and oxygen atoms in total. The van der Waals surface area contributed by atoms with Crippen molar-refractivity contribution >= 4 is 41.1 Å². The van der Waals surface area contributed by atoms with Gasteiger partial charge in [0.05, 0.1) is 30.7 Å². The Morgan fingerprint density at radius 2 is 2.08 bits per heavy atom. The number of carbonyl (C=O) groups is 2. The Labute approximate surface area is 234 Å². The Kier molecular flexibility index (Phi) is 8.32. The molecule has 2 aromatic carbocycles. The number of methoxy groups -OCH3 is 1. The summed E-state index contributed by atoms with van der Waals surface area (Å²) < 4.78 is 6.19. The lowest BCUT2D eigenvalue weighted by Crippen LogP contribution is -2.32. The summed E-state index contributed by atoms with van der Waals surface area (Å²) in [6.07, 6.45) is 6.39. The lowest BCUT2D eigenvalue weighted by atomic mass is 10.1. The van der Waals surface area contributed by atoms with Gasteiger partial charge in [0.25, 0.3) is 0 Å². The SMILES string of the molecule is COC(=O)Nc1ccc2c(c1)NCCNCC[C@H](NC(=O)/C=C/c1cc(Cl)ccc1-n1cnnn1)c1ncc-2[nH]1. The van der Waals surface area contributed by atoms with Crippen molar-refractivity contribution in [1.29, 1.82) is 0 Å². The standard InChI is InChI=1S/C26H27ClN10O3/c1-40-26(39)32-18-4-5-19-21(13-18)29-11-10-28-9-8-20(25-30-14-22(19)34-25)33-24(38)7-2-16-12-17(27)3-6-23(16)37-15-31-35-36-37/h2-7,12-15,20,28-29H,8-11H2,1H3,(H,30,34)(H,32,39)(H,33,38)/b7-2+/t20-/m0/s1. The number of ether oxygens (including phenoxy) is 1. The minimum Gasteiger partial charge on any atom is -0.453 e. The zero-order valence-corrected chi connectivity index (χ0v) is 22.3. The average Bonchev–Trinajstić information content (AvgIpc) is 3.66. The first kappa shape index (κ1) is 26.8. The van der Waals surface area contributed by atoms with E-state index < -0.39 is 6.09 Å². The maximum Gasteiger partial charge on any atom is 0.411 e. The summed E-state index contributed by atoms with van der Waals surface area (Å²) in [5, 5.41) is 24.3. The molecular formula is C26H27ClN10O3. The van der Waals surface area contributed by atoms with Crippen LogP contribution in [0.25, 0.3) is 23.0 Å². The van der Waals surface area contributed by atoms with Crippen LogP contribution in [0.4, 0.5) is 16.2 Å². The Bertz CT molecular complexity index is 1520. The van der Waals surface area contributed by atoms with Gasteiger partial charge in [0.2, 0.25) is 5.91 Å². The molecule has 5 rings (SSSR count). The van der Waals surface area contributed by atoms with Crippen LogP contribution in [0, 0.1) is 0 Å². The van der Waals surface area contributed by atoms with E-state index in [2.05, 4.69) is 46.8 Å². The second-order valence-electron chi connectivity index (χ2n) is 8.88. The number of nitrogens with one attached hydrogen (secondary N) is 5.